The van der Waals surface area contributed by atoms with Crippen LogP contribution in [0.25, 0.3) is 0 Å². The molecule has 2 heterocycles. The third kappa shape index (κ3) is 3.42. The number of hydrogen-bond acceptors (Lipinski definition) is 5. The molecule has 26 heavy (non-hydrogen) atoms. The van der Waals surface area contributed by atoms with Gasteiger partial charge in [0.25, 0.3) is 5.91 Å². The summed E-state index contributed by atoms with van der Waals surface area (Å²) in [5.41, 5.74) is 7.40. The molecule has 0 aliphatic carbocycles. The van der Waals surface area contributed by atoms with Gasteiger partial charge in [0.2, 0.25) is 10.0 Å². The molecule has 1 fully saturated rings. The van der Waals surface area contributed by atoms with Gasteiger partial charge in [-0.15, -0.1) is 0 Å². The van der Waals surface area contributed by atoms with Gasteiger partial charge < -0.3 is 10.6 Å². The first-order chi connectivity index (χ1) is 12.3. The Morgan fingerprint density at radius 3 is 2.46 bits per heavy atom. The van der Waals surface area contributed by atoms with E-state index in [9.17, 15) is 13.2 Å². The van der Waals surface area contributed by atoms with E-state index in [0.717, 1.165) is 11.1 Å². The zero-order chi connectivity index (χ0) is 18.9. The maximum Gasteiger partial charge on any atom is 0.252 e. The van der Waals surface area contributed by atoms with Crippen molar-refractivity contribution in [2.45, 2.75) is 18.7 Å². The number of aryl methyl sites for hydroxylation is 2. The summed E-state index contributed by atoms with van der Waals surface area (Å²) in [5.74, 6) is -0.0395. The molecule has 1 aliphatic rings. The second-order valence-corrected chi connectivity index (χ2v) is 8.31. The molecule has 1 amide bonds. The largest absolute Gasteiger partial charge is 0.365 e. The molecule has 1 aromatic heterocycles. The highest BCUT2D eigenvalue weighted by atomic mass is 32.2. The molecular formula is C18H22N4O3S. The molecule has 0 spiro atoms. The minimum absolute atomic E-state index is 0.324. The molecule has 0 unspecified atom stereocenters. The number of benzene rings is 1. The summed E-state index contributed by atoms with van der Waals surface area (Å²) in [6, 6.07) is 8.72. The van der Waals surface area contributed by atoms with Gasteiger partial charge in [0.15, 0.2) is 0 Å². The van der Waals surface area contributed by atoms with Gasteiger partial charge in [-0.3, -0.25) is 4.79 Å². The summed E-state index contributed by atoms with van der Waals surface area (Å²) >= 11 is 0. The minimum atomic E-state index is -3.55. The topological polar surface area (TPSA) is 96.6 Å². The van der Waals surface area contributed by atoms with E-state index in [2.05, 4.69) is 4.98 Å². The van der Waals surface area contributed by atoms with Crippen LogP contribution in [0.5, 0.6) is 0 Å². The Kier molecular flexibility index (Phi) is 4.97. The van der Waals surface area contributed by atoms with Crippen LogP contribution in [0.4, 0.5) is 5.82 Å². The molecular weight excluding hydrogens is 352 g/mol. The summed E-state index contributed by atoms with van der Waals surface area (Å²) < 4.78 is 27.5. The van der Waals surface area contributed by atoms with E-state index in [0.29, 0.717) is 42.5 Å². The van der Waals surface area contributed by atoms with Crippen LogP contribution in [0.2, 0.25) is 0 Å². The molecule has 8 heteroatoms. The van der Waals surface area contributed by atoms with Crippen LogP contribution in [0.3, 0.4) is 0 Å². The number of nitrogens with two attached hydrogens (primary N) is 1. The summed E-state index contributed by atoms with van der Waals surface area (Å²) in [6.45, 7) is 5.22. The molecule has 2 N–H and O–H groups in total. The first kappa shape index (κ1) is 18.3. The van der Waals surface area contributed by atoms with Gasteiger partial charge in [0.05, 0.1) is 10.5 Å². The van der Waals surface area contributed by atoms with Crippen LogP contribution in [-0.4, -0.2) is 49.8 Å². The van der Waals surface area contributed by atoms with Gasteiger partial charge in [-0.25, -0.2) is 13.4 Å². The van der Waals surface area contributed by atoms with Gasteiger partial charge in [-0.05, 0) is 43.2 Å². The molecule has 2 aromatic rings. The van der Waals surface area contributed by atoms with Gasteiger partial charge in [0, 0.05) is 32.4 Å². The van der Waals surface area contributed by atoms with Crippen molar-refractivity contribution in [3.8, 4) is 0 Å². The summed E-state index contributed by atoms with van der Waals surface area (Å²) in [7, 11) is -3.55. The zero-order valence-electron chi connectivity index (χ0n) is 14.8. The number of aromatic nitrogens is 1. The van der Waals surface area contributed by atoms with Crippen molar-refractivity contribution in [2.75, 3.05) is 31.1 Å². The second-order valence-electron chi connectivity index (χ2n) is 6.40. The number of primary amides is 1. The highest BCUT2D eigenvalue weighted by Crippen LogP contribution is 2.24. The third-order valence-corrected chi connectivity index (χ3v) is 6.59. The van der Waals surface area contributed by atoms with E-state index in [4.69, 9.17) is 5.73 Å². The lowest BCUT2D eigenvalue weighted by molar-refractivity contribution is 0.1000. The fourth-order valence-corrected chi connectivity index (χ4v) is 4.84. The van der Waals surface area contributed by atoms with Crippen molar-refractivity contribution >= 4 is 21.7 Å². The SMILES string of the molecule is Cc1ccc(C)c(S(=O)(=O)N2CCN(c3ncccc3C(N)=O)CC2)c1. The van der Waals surface area contributed by atoms with E-state index >= 15 is 0 Å². The molecule has 3 rings (SSSR count). The molecule has 138 valence electrons. The standard InChI is InChI=1S/C18H22N4O3S/c1-13-5-6-14(2)16(12-13)26(24,25)22-10-8-21(9-11-22)18-15(17(19)23)4-3-7-20-18/h3-7,12H,8-11H2,1-2H3,(H2,19,23). The number of piperazine rings is 1. The maximum atomic E-state index is 13.0. The van der Waals surface area contributed by atoms with Crippen molar-refractivity contribution in [3.63, 3.8) is 0 Å². The number of pyridine rings is 1. The number of rotatable bonds is 4. The first-order valence-corrected chi connectivity index (χ1v) is 9.82. The average Bonchev–Trinajstić information content (AvgIpc) is 2.63. The first-order valence-electron chi connectivity index (χ1n) is 8.38. The number of carbonyl (C=O) groups excluding carboxylic acids is 1. The van der Waals surface area contributed by atoms with E-state index in [1.807, 2.05) is 24.0 Å². The number of nitrogens with zero attached hydrogens (tertiary/aromatic N) is 3. The normalized spacial score (nSPS) is 15.8. The summed E-state index contributed by atoms with van der Waals surface area (Å²) in [4.78, 5) is 18.1. The number of carbonyl (C=O) groups is 1. The Morgan fingerprint density at radius 2 is 1.81 bits per heavy atom. The molecule has 1 saturated heterocycles. The predicted molar refractivity (Wildman–Crippen MR) is 99.6 cm³/mol. The van der Waals surface area contributed by atoms with Crippen LogP contribution in [0.1, 0.15) is 21.5 Å². The molecule has 0 saturated carbocycles. The molecule has 0 bridgehead atoms. The Morgan fingerprint density at radius 1 is 1.12 bits per heavy atom. The highest BCUT2D eigenvalue weighted by Gasteiger charge is 2.31. The fourth-order valence-electron chi connectivity index (χ4n) is 3.11. The van der Waals surface area contributed by atoms with Crippen LogP contribution < -0.4 is 10.6 Å². The number of anilines is 1. The van der Waals surface area contributed by atoms with Gasteiger partial charge in [0.1, 0.15) is 5.82 Å². The molecule has 7 nitrogen and oxygen atoms in total. The number of hydrogen-bond donors (Lipinski definition) is 1. The average molecular weight is 374 g/mol. The molecule has 1 aliphatic heterocycles. The third-order valence-electron chi connectivity index (χ3n) is 4.55. The van der Waals surface area contributed by atoms with E-state index in [1.54, 1.807) is 31.3 Å². The van der Waals surface area contributed by atoms with Crippen LogP contribution in [0, 0.1) is 13.8 Å². The monoisotopic (exact) mass is 374 g/mol. The van der Waals surface area contributed by atoms with Crippen LogP contribution in [-0.2, 0) is 10.0 Å². The van der Waals surface area contributed by atoms with Crippen molar-refractivity contribution in [3.05, 3.63) is 53.2 Å². The second kappa shape index (κ2) is 7.05. The minimum Gasteiger partial charge on any atom is -0.365 e. The van der Waals surface area contributed by atoms with Gasteiger partial charge in [-0.1, -0.05) is 12.1 Å². The van der Waals surface area contributed by atoms with E-state index < -0.39 is 15.9 Å². The smallest absolute Gasteiger partial charge is 0.252 e. The summed E-state index contributed by atoms with van der Waals surface area (Å²) in [6.07, 6.45) is 1.60. The van der Waals surface area contributed by atoms with Crippen molar-refractivity contribution in [1.29, 1.82) is 0 Å². The Hall–Kier alpha value is -2.45. The highest BCUT2D eigenvalue weighted by molar-refractivity contribution is 7.89. The maximum absolute atomic E-state index is 13.0. The molecule has 0 atom stereocenters. The predicted octanol–water partition coefficient (Wildman–Crippen LogP) is 1.31. The van der Waals surface area contributed by atoms with Gasteiger partial charge in [-0.2, -0.15) is 4.31 Å². The van der Waals surface area contributed by atoms with Crippen molar-refractivity contribution in [1.82, 2.24) is 9.29 Å². The lowest BCUT2D eigenvalue weighted by Crippen LogP contribution is -2.49. The van der Waals surface area contributed by atoms with E-state index in [1.165, 1.54) is 4.31 Å². The number of amides is 1. The quantitative estimate of drug-likeness (QED) is 0.870. The fraction of sp³-hybridized carbons (Fsp3) is 0.333. The Bertz CT molecular complexity index is 935. The number of sulfonamides is 1. The van der Waals surface area contributed by atoms with Crippen molar-refractivity contribution in [2.24, 2.45) is 5.73 Å². The van der Waals surface area contributed by atoms with E-state index in [-0.39, 0.29) is 0 Å². The van der Waals surface area contributed by atoms with Gasteiger partial charge >= 0.3 is 0 Å². The Labute approximate surface area is 153 Å². The Balaban J connectivity index is 1.81. The van der Waals surface area contributed by atoms with Crippen LogP contribution in [0.15, 0.2) is 41.4 Å². The zero-order valence-corrected chi connectivity index (χ0v) is 15.7. The summed E-state index contributed by atoms with van der Waals surface area (Å²) in [5, 5.41) is 0. The lowest BCUT2D eigenvalue weighted by atomic mass is 10.2. The van der Waals surface area contributed by atoms with Crippen molar-refractivity contribution < 1.29 is 13.2 Å². The molecule has 1 aromatic carbocycles. The lowest BCUT2D eigenvalue weighted by Gasteiger charge is -2.35. The molecule has 0 radical (unpaired) electrons. The van der Waals surface area contributed by atoms with Crippen LogP contribution >= 0.6 is 0 Å².